The normalized spacial score (nSPS) is 18.6. The first kappa shape index (κ1) is 22.7. The number of amides is 2. The molecule has 2 amide bonds. The standard InChI is InChI=1S/C27H30N4O2S/c1-20(32)31-12-11-21-7-5-6-10-24(21)25(31)17-26(33)30-15-13-29(14-16-30)18-23-19-34-27(28-23)22-8-3-2-4-9-22/h2-10,19,25H,11-18H2,1H3. The lowest BCUT2D eigenvalue weighted by Crippen LogP contribution is -2.49. The number of carbonyl (C=O) groups excluding carboxylic acids is 2. The van der Waals surface area contributed by atoms with Crippen LogP contribution in [0.2, 0.25) is 0 Å². The minimum atomic E-state index is -0.167. The van der Waals surface area contributed by atoms with Crippen LogP contribution in [0.4, 0.5) is 0 Å². The number of rotatable bonds is 5. The fourth-order valence-corrected chi connectivity index (χ4v) is 5.84. The van der Waals surface area contributed by atoms with Crippen LogP contribution in [0.5, 0.6) is 0 Å². The molecule has 2 aliphatic heterocycles. The van der Waals surface area contributed by atoms with Crippen LogP contribution in [-0.4, -0.2) is 64.2 Å². The van der Waals surface area contributed by atoms with Gasteiger partial charge in [0.15, 0.2) is 0 Å². The zero-order chi connectivity index (χ0) is 23.5. The van der Waals surface area contributed by atoms with Crippen LogP contribution in [0, 0.1) is 0 Å². The van der Waals surface area contributed by atoms with Gasteiger partial charge < -0.3 is 9.80 Å². The third-order valence-corrected chi connectivity index (χ3v) is 7.81. The van der Waals surface area contributed by atoms with Gasteiger partial charge in [-0.2, -0.15) is 0 Å². The number of hydrogen-bond donors (Lipinski definition) is 0. The quantitative estimate of drug-likeness (QED) is 0.561. The maximum atomic E-state index is 13.2. The Morgan fingerprint density at radius 3 is 2.47 bits per heavy atom. The summed E-state index contributed by atoms with van der Waals surface area (Å²) in [4.78, 5) is 36.5. The topological polar surface area (TPSA) is 56.8 Å². The molecule has 0 spiro atoms. The molecule has 34 heavy (non-hydrogen) atoms. The number of carbonyl (C=O) groups is 2. The predicted molar refractivity (Wildman–Crippen MR) is 134 cm³/mol. The molecule has 7 heteroatoms. The van der Waals surface area contributed by atoms with Crippen LogP contribution < -0.4 is 0 Å². The highest BCUT2D eigenvalue weighted by Crippen LogP contribution is 2.33. The summed E-state index contributed by atoms with van der Waals surface area (Å²) < 4.78 is 0. The summed E-state index contributed by atoms with van der Waals surface area (Å²) in [6, 6.07) is 18.3. The van der Waals surface area contributed by atoms with Crippen molar-refractivity contribution < 1.29 is 9.59 Å². The van der Waals surface area contributed by atoms with Gasteiger partial charge in [0.2, 0.25) is 11.8 Å². The number of benzene rings is 2. The highest BCUT2D eigenvalue weighted by Gasteiger charge is 2.32. The van der Waals surface area contributed by atoms with E-state index in [-0.39, 0.29) is 17.9 Å². The van der Waals surface area contributed by atoms with Gasteiger partial charge in [0.1, 0.15) is 5.01 Å². The Bertz CT molecular complexity index is 1150. The van der Waals surface area contributed by atoms with Gasteiger partial charge in [-0.3, -0.25) is 14.5 Å². The number of piperazine rings is 1. The molecule has 176 valence electrons. The van der Waals surface area contributed by atoms with Crippen molar-refractivity contribution >= 4 is 23.2 Å². The van der Waals surface area contributed by atoms with Crippen LogP contribution in [0.15, 0.2) is 60.0 Å². The average Bonchev–Trinajstić information content (AvgIpc) is 3.33. The molecular weight excluding hydrogens is 444 g/mol. The van der Waals surface area contributed by atoms with E-state index in [1.807, 2.05) is 40.1 Å². The second kappa shape index (κ2) is 10.1. The van der Waals surface area contributed by atoms with E-state index in [1.165, 1.54) is 5.56 Å². The number of thiazole rings is 1. The molecular formula is C27H30N4O2S. The van der Waals surface area contributed by atoms with Crippen molar-refractivity contribution in [1.29, 1.82) is 0 Å². The lowest BCUT2D eigenvalue weighted by molar-refractivity contribution is -0.137. The van der Waals surface area contributed by atoms with Crippen LogP contribution in [0.1, 0.15) is 36.2 Å². The van der Waals surface area contributed by atoms with Crippen molar-refractivity contribution in [2.75, 3.05) is 32.7 Å². The molecule has 0 radical (unpaired) electrons. The highest BCUT2D eigenvalue weighted by atomic mass is 32.1. The Hall–Kier alpha value is -3.03. The number of fused-ring (bicyclic) bond motifs is 1. The minimum absolute atomic E-state index is 0.0373. The van der Waals surface area contributed by atoms with Crippen LogP contribution in [-0.2, 0) is 22.6 Å². The Labute approximate surface area is 204 Å². The molecule has 0 aliphatic carbocycles. The van der Waals surface area contributed by atoms with Gasteiger partial charge in [0, 0.05) is 57.1 Å². The van der Waals surface area contributed by atoms with Crippen molar-refractivity contribution in [2.24, 2.45) is 0 Å². The van der Waals surface area contributed by atoms with E-state index in [0.29, 0.717) is 26.1 Å². The zero-order valence-corrected chi connectivity index (χ0v) is 20.3. The minimum Gasteiger partial charge on any atom is -0.340 e. The van der Waals surface area contributed by atoms with E-state index in [9.17, 15) is 9.59 Å². The first-order valence-corrected chi connectivity index (χ1v) is 12.8. The number of nitrogens with zero attached hydrogens (tertiary/aromatic N) is 4. The van der Waals surface area contributed by atoms with Crippen LogP contribution >= 0.6 is 11.3 Å². The van der Waals surface area contributed by atoms with Gasteiger partial charge in [-0.25, -0.2) is 4.98 Å². The molecule has 2 aromatic carbocycles. The van der Waals surface area contributed by atoms with E-state index < -0.39 is 0 Å². The van der Waals surface area contributed by atoms with Gasteiger partial charge in [-0.15, -0.1) is 11.3 Å². The van der Waals surface area contributed by atoms with Gasteiger partial charge in [-0.05, 0) is 17.5 Å². The fraction of sp³-hybridized carbons (Fsp3) is 0.370. The van der Waals surface area contributed by atoms with Crippen molar-refractivity contribution in [3.63, 3.8) is 0 Å². The highest BCUT2D eigenvalue weighted by molar-refractivity contribution is 7.13. The molecule has 3 heterocycles. The van der Waals surface area contributed by atoms with Crippen LogP contribution in [0.25, 0.3) is 10.6 Å². The second-order valence-corrected chi connectivity index (χ2v) is 9.91. The molecule has 1 aromatic heterocycles. The Balaban J connectivity index is 1.18. The molecule has 3 aromatic rings. The molecule has 6 nitrogen and oxygen atoms in total. The second-order valence-electron chi connectivity index (χ2n) is 9.05. The summed E-state index contributed by atoms with van der Waals surface area (Å²) in [5.74, 6) is 0.169. The van der Waals surface area contributed by atoms with Crippen LogP contribution in [0.3, 0.4) is 0 Å². The molecule has 1 saturated heterocycles. The monoisotopic (exact) mass is 474 g/mol. The Morgan fingerprint density at radius 2 is 1.71 bits per heavy atom. The Morgan fingerprint density at radius 1 is 0.971 bits per heavy atom. The van der Waals surface area contributed by atoms with Gasteiger partial charge in [-0.1, -0.05) is 54.6 Å². The summed E-state index contributed by atoms with van der Waals surface area (Å²) in [6.07, 6.45) is 1.20. The molecule has 0 bridgehead atoms. The number of hydrogen-bond acceptors (Lipinski definition) is 5. The smallest absolute Gasteiger partial charge is 0.225 e. The van der Waals surface area contributed by atoms with Crippen molar-refractivity contribution in [3.05, 3.63) is 76.8 Å². The van der Waals surface area contributed by atoms with Gasteiger partial charge in [0.25, 0.3) is 0 Å². The molecule has 0 N–H and O–H groups in total. The fourth-order valence-electron chi connectivity index (χ4n) is 5.02. The lowest BCUT2D eigenvalue weighted by atomic mass is 9.90. The van der Waals surface area contributed by atoms with E-state index >= 15 is 0 Å². The molecule has 1 fully saturated rings. The van der Waals surface area contributed by atoms with Crippen molar-refractivity contribution in [1.82, 2.24) is 19.7 Å². The summed E-state index contributed by atoms with van der Waals surface area (Å²) in [7, 11) is 0. The SMILES string of the molecule is CC(=O)N1CCc2ccccc2C1CC(=O)N1CCN(Cc2csc(-c3ccccc3)n2)CC1. The lowest BCUT2D eigenvalue weighted by Gasteiger charge is -2.39. The Kier molecular flexibility index (Phi) is 6.74. The molecule has 1 unspecified atom stereocenters. The average molecular weight is 475 g/mol. The molecule has 0 saturated carbocycles. The first-order valence-electron chi connectivity index (χ1n) is 11.9. The maximum Gasteiger partial charge on any atom is 0.225 e. The summed E-state index contributed by atoms with van der Waals surface area (Å²) in [5, 5.41) is 3.18. The summed E-state index contributed by atoms with van der Waals surface area (Å²) >= 11 is 1.68. The summed E-state index contributed by atoms with van der Waals surface area (Å²) in [6.45, 7) is 6.18. The van der Waals surface area contributed by atoms with Crippen molar-refractivity contribution in [2.45, 2.75) is 32.4 Å². The molecule has 2 aliphatic rings. The zero-order valence-electron chi connectivity index (χ0n) is 19.5. The third kappa shape index (κ3) is 4.91. The van der Waals surface area contributed by atoms with Gasteiger partial charge in [0.05, 0.1) is 18.2 Å². The van der Waals surface area contributed by atoms with E-state index in [4.69, 9.17) is 4.98 Å². The molecule has 5 rings (SSSR count). The largest absolute Gasteiger partial charge is 0.340 e. The van der Waals surface area contributed by atoms with E-state index in [2.05, 4.69) is 34.5 Å². The van der Waals surface area contributed by atoms with Crippen molar-refractivity contribution in [3.8, 4) is 10.6 Å². The predicted octanol–water partition coefficient (Wildman–Crippen LogP) is 3.99. The first-order chi connectivity index (χ1) is 16.6. The maximum absolute atomic E-state index is 13.2. The number of aromatic nitrogens is 1. The third-order valence-electron chi connectivity index (χ3n) is 6.87. The molecule has 1 atom stereocenters. The summed E-state index contributed by atoms with van der Waals surface area (Å²) in [5.41, 5.74) is 4.60. The van der Waals surface area contributed by atoms with E-state index in [0.717, 1.165) is 47.9 Å². The van der Waals surface area contributed by atoms with Gasteiger partial charge >= 0.3 is 0 Å². The van der Waals surface area contributed by atoms with E-state index in [1.54, 1.807) is 18.3 Å².